The Bertz CT molecular complexity index is 1550. The van der Waals surface area contributed by atoms with Gasteiger partial charge in [-0.1, -0.05) is 12.1 Å². The molecule has 0 unspecified atom stereocenters. The Kier molecular flexibility index (Phi) is 8.42. The van der Waals surface area contributed by atoms with Gasteiger partial charge in [0.1, 0.15) is 11.3 Å². The number of urea groups is 1. The van der Waals surface area contributed by atoms with Gasteiger partial charge in [-0.25, -0.2) is 57.4 Å². The molecule has 0 atom stereocenters. The minimum Gasteiger partial charge on any atom is -0.352 e. The average molecular weight is 585 g/mol. The van der Waals surface area contributed by atoms with E-state index in [1.165, 1.54) is 10.0 Å². The lowest BCUT2D eigenvalue weighted by Crippen LogP contribution is -2.35. The topological polar surface area (TPSA) is 104 Å². The van der Waals surface area contributed by atoms with Crippen LogP contribution in [0, 0.1) is 52.4 Å². The van der Waals surface area contributed by atoms with Gasteiger partial charge in [0.15, 0.2) is 46.5 Å². The Balaban J connectivity index is 1.63. The van der Waals surface area contributed by atoms with E-state index in [0.717, 1.165) is 24.3 Å². The number of benzene rings is 3. The number of sulfonamides is 1. The molecular formula is C22H12F9N3O4S. The van der Waals surface area contributed by atoms with E-state index >= 15 is 0 Å². The molecule has 0 aliphatic rings. The van der Waals surface area contributed by atoms with Crippen LogP contribution in [0.1, 0.15) is 15.9 Å². The zero-order valence-electron chi connectivity index (χ0n) is 18.7. The lowest BCUT2D eigenvalue weighted by Gasteiger charge is -2.11. The molecule has 0 bridgehead atoms. The molecule has 0 aliphatic carbocycles. The summed E-state index contributed by atoms with van der Waals surface area (Å²) < 4.78 is 147. The van der Waals surface area contributed by atoms with Crippen molar-refractivity contribution in [1.82, 2.24) is 10.0 Å². The summed E-state index contributed by atoms with van der Waals surface area (Å²) in [4.78, 5) is 23.3. The highest BCUT2D eigenvalue weighted by Crippen LogP contribution is 2.24. The second kappa shape index (κ2) is 11.2. The molecule has 3 N–H and O–H groups in total. The predicted octanol–water partition coefficient (Wildman–Crippen LogP) is 4.42. The lowest BCUT2D eigenvalue weighted by molar-refractivity contribution is 0.0942. The summed E-state index contributed by atoms with van der Waals surface area (Å²) in [6.45, 7) is -0.392. The summed E-state index contributed by atoms with van der Waals surface area (Å²) in [6, 6.07) is 2.40. The molecular weight excluding hydrogens is 573 g/mol. The first-order chi connectivity index (χ1) is 18.2. The van der Waals surface area contributed by atoms with Gasteiger partial charge in [-0.05, 0) is 24.1 Å². The molecule has 0 spiro atoms. The lowest BCUT2D eigenvalue weighted by atomic mass is 10.1. The molecule has 17 heteroatoms. The number of anilines is 1. The van der Waals surface area contributed by atoms with Gasteiger partial charge in [0.2, 0.25) is 5.82 Å². The molecule has 39 heavy (non-hydrogen) atoms. The van der Waals surface area contributed by atoms with Crippen molar-refractivity contribution in [3.05, 3.63) is 93.8 Å². The number of hydrogen-bond donors (Lipinski definition) is 3. The molecule has 0 aliphatic heterocycles. The van der Waals surface area contributed by atoms with Crippen LogP contribution in [0.5, 0.6) is 0 Å². The molecule has 3 amide bonds. The predicted molar refractivity (Wildman–Crippen MR) is 114 cm³/mol. The summed E-state index contributed by atoms with van der Waals surface area (Å²) in [7, 11) is -4.66. The van der Waals surface area contributed by atoms with Crippen LogP contribution in [-0.4, -0.2) is 26.9 Å². The number of amides is 3. The van der Waals surface area contributed by atoms with Crippen LogP contribution in [0.2, 0.25) is 0 Å². The van der Waals surface area contributed by atoms with Crippen LogP contribution in [-0.2, 0) is 16.4 Å². The van der Waals surface area contributed by atoms with Gasteiger partial charge in [-0.3, -0.25) is 4.79 Å². The van der Waals surface area contributed by atoms with E-state index < -0.39 is 97.0 Å². The largest absolute Gasteiger partial charge is 0.352 e. The third-order valence-electron chi connectivity index (χ3n) is 4.95. The van der Waals surface area contributed by atoms with Crippen LogP contribution in [0.15, 0.2) is 35.2 Å². The number of halogens is 9. The quantitative estimate of drug-likeness (QED) is 0.217. The monoisotopic (exact) mass is 585 g/mol. The van der Waals surface area contributed by atoms with Crippen molar-refractivity contribution in [3.8, 4) is 0 Å². The fourth-order valence-electron chi connectivity index (χ4n) is 3.05. The number of nitrogens with one attached hydrogen (secondary N) is 3. The van der Waals surface area contributed by atoms with E-state index in [0.29, 0.717) is 5.56 Å². The highest BCUT2D eigenvalue weighted by atomic mass is 32.2. The molecule has 208 valence electrons. The maximum atomic E-state index is 13.7. The molecule has 0 saturated carbocycles. The summed E-state index contributed by atoms with van der Waals surface area (Å²) in [5, 5.41) is 3.35. The van der Waals surface area contributed by atoms with Gasteiger partial charge in [-0.2, -0.15) is 0 Å². The normalized spacial score (nSPS) is 11.3. The van der Waals surface area contributed by atoms with Crippen molar-refractivity contribution >= 4 is 27.6 Å². The number of carbonyl (C=O) groups is 2. The van der Waals surface area contributed by atoms with E-state index in [-0.39, 0.29) is 12.5 Å². The van der Waals surface area contributed by atoms with E-state index in [1.54, 1.807) is 0 Å². The third kappa shape index (κ3) is 6.08. The maximum absolute atomic E-state index is 13.7. The van der Waals surface area contributed by atoms with Gasteiger partial charge < -0.3 is 10.6 Å². The number of hydrogen-bond acceptors (Lipinski definition) is 4. The van der Waals surface area contributed by atoms with Gasteiger partial charge in [0.25, 0.3) is 15.9 Å². The van der Waals surface area contributed by atoms with Crippen molar-refractivity contribution in [2.75, 3.05) is 11.9 Å². The first-order valence-corrected chi connectivity index (χ1v) is 11.7. The Morgan fingerprint density at radius 2 is 1.23 bits per heavy atom. The molecule has 0 fully saturated rings. The van der Waals surface area contributed by atoms with Crippen LogP contribution < -0.4 is 15.4 Å². The van der Waals surface area contributed by atoms with Crippen molar-refractivity contribution in [3.63, 3.8) is 0 Å². The first-order valence-electron chi connectivity index (χ1n) is 10.2. The summed E-state index contributed by atoms with van der Waals surface area (Å²) in [5.41, 5.74) is -2.85. The zero-order valence-corrected chi connectivity index (χ0v) is 19.6. The Morgan fingerprint density at radius 1 is 0.692 bits per heavy atom. The van der Waals surface area contributed by atoms with Gasteiger partial charge >= 0.3 is 6.03 Å². The molecule has 0 radical (unpaired) electrons. The summed E-state index contributed by atoms with van der Waals surface area (Å²) >= 11 is 0. The van der Waals surface area contributed by atoms with Gasteiger partial charge in [-0.15, -0.1) is 0 Å². The van der Waals surface area contributed by atoms with E-state index in [4.69, 9.17) is 0 Å². The fraction of sp³-hybridized carbons (Fsp3) is 0.0909. The van der Waals surface area contributed by atoms with E-state index in [2.05, 4.69) is 0 Å². The van der Waals surface area contributed by atoms with Crippen molar-refractivity contribution in [2.24, 2.45) is 0 Å². The molecule has 3 rings (SSSR count). The van der Waals surface area contributed by atoms with Crippen LogP contribution >= 0.6 is 0 Å². The van der Waals surface area contributed by atoms with Gasteiger partial charge in [0.05, 0.1) is 4.90 Å². The molecule has 7 nitrogen and oxygen atoms in total. The fourth-order valence-corrected chi connectivity index (χ4v) is 3.96. The standard InChI is InChI=1S/C22H12F9N3O4S/c23-10-7-11(24)20(19(31)13(10)25)33-22(36)34-39(37,38)9-3-1-8(2-4-9)5-6-32-21(35)12-14(26)16(28)18(30)17(29)15(12)27/h1-4,7H,5-6H2,(H,32,35)(H2,33,34,36). The smallest absolute Gasteiger partial charge is 0.333 e. The summed E-state index contributed by atoms with van der Waals surface area (Å²) in [6.07, 6.45) is -0.121. The van der Waals surface area contributed by atoms with Crippen molar-refractivity contribution in [2.45, 2.75) is 11.3 Å². The number of carbonyl (C=O) groups excluding carboxylic acids is 2. The Morgan fingerprint density at radius 3 is 1.79 bits per heavy atom. The SMILES string of the molecule is O=C(Nc1c(F)cc(F)c(F)c1F)NS(=O)(=O)c1ccc(CCNC(=O)c2c(F)c(F)c(F)c(F)c2F)cc1. The maximum Gasteiger partial charge on any atom is 0.333 e. The van der Waals surface area contributed by atoms with Gasteiger partial charge in [0, 0.05) is 12.6 Å². The summed E-state index contributed by atoms with van der Waals surface area (Å²) in [5.74, 6) is -21.2. The third-order valence-corrected chi connectivity index (χ3v) is 6.30. The second-order valence-corrected chi connectivity index (χ2v) is 9.18. The molecule has 0 aromatic heterocycles. The first kappa shape index (κ1) is 29.3. The molecule has 0 heterocycles. The number of rotatable bonds is 7. The van der Waals surface area contributed by atoms with Crippen molar-refractivity contribution in [1.29, 1.82) is 0 Å². The minimum absolute atomic E-state index is 0.0765. The van der Waals surface area contributed by atoms with Crippen molar-refractivity contribution < 1.29 is 57.5 Å². The second-order valence-electron chi connectivity index (χ2n) is 7.50. The van der Waals surface area contributed by atoms with E-state index in [9.17, 15) is 57.5 Å². The average Bonchev–Trinajstić information content (AvgIpc) is 2.87. The molecule has 3 aromatic carbocycles. The molecule has 3 aromatic rings. The van der Waals surface area contributed by atoms with Crippen LogP contribution in [0.4, 0.5) is 50.0 Å². The van der Waals surface area contributed by atoms with Crippen LogP contribution in [0.25, 0.3) is 0 Å². The Labute approximate surface area is 212 Å². The Hall–Kier alpha value is -4.28. The molecule has 0 saturated heterocycles. The van der Waals surface area contributed by atoms with Crippen LogP contribution in [0.3, 0.4) is 0 Å². The zero-order chi connectivity index (χ0) is 29.2. The minimum atomic E-state index is -4.66. The highest BCUT2D eigenvalue weighted by molar-refractivity contribution is 7.90. The van der Waals surface area contributed by atoms with E-state index in [1.807, 2.05) is 5.32 Å². The highest BCUT2D eigenvalue weighted by Gasteiger charge is 2.29.